The highest BCUT2D eigenvalue weighted by Crippen LogP contribution is 2.30. The van der Waals surface area contributed by atoms with Crippen molar-refractivity contribution in [1.29, 1.82) is 0 Å². The van der Waals surface area contributed by atoms with Crippen molar-refractivity contribution in [1.82, 2.24) is 4.57 Å². The molecule has 180 valence electrons. The molecule has 0 bridgehead atoms. The maximum absolute atomic E-state index is 13.7. The van der Waals surface area contributed by atoms with E-state index in [9.17, 15) is 9.59 Å². The summed E-state index contributed by atoms with van der Waals surface area (Å²) in [6, 6.07) is 26.7. The molecule has 1 amide bonds. The Bertz CT molecular complexity index is 1610. The van der Waals surface area contributed by atoms with Gasteiger partial charge in [0, 0.05) is 5.69 Å². The third kappa shape index (κ3) is 4.60. The number of hydrogen-bond acceptors (Lipinski definition) is 4. The molecule has 5 rings (SSSR count). The molecular formula is C30H27N3O2S. The molecule has 6 heteroatoms. The van der Waals surface area contributed by atoms with Gasteiger partial charge in [-0.05, 0) is 47.7 Å². The summed E-state index contributed by atoms with van der Waals surface area (Å²) in [6.07, 6.45) is 1.90. The number of hydrogen-bond donors (Lipinski definition) is 1. The monoisotopic (exact) mass is 493 g/mol. The van der Waals surface area contributed by atoms with Gasteiger partial charge in [0.1, 0.15) is 0 Å². The molecule has 1 aliphatic heterocycles. The van der Waals surface area contributed by atoms with Crippen molar-refractivity contribution in [2.24, 2.45) is 4.99 Å². The van der Waals surface area contributed by atoms with Crippen LogP contribution in [0.2, 0.25) is 0 Å². The highest BCUT2D eigenvalue weighted by molar-refractivity contribution is 7.07. The second kappa shape index (κ2) is 9.91. The number of rotatable bonds is 5. The second-order valence-electron chi connectivity index (χ2n) is 9.13. The minimum atomic E-state index is -0.573. The summed E-state index contributed by atoms with van der Waals surface area (Å²) in [4.78, 5) is 32.6. The summed E-state index contributed by atoms with van der Waals surface area (Å²) < 4.78 is 2.24. The number of carbonyl (C=O) groups excluding carboxylic acids is 1. The molecule has 0 saturated heterocycles. The fourth-order valence-corrected chi connectivity index (χ4v) is 5.46. The van der Waals surface area contributed by atoms with Crippen molar-refractivity contribution in [3.63, 3.8) is 0 Å². The van der Waals surface area contributed by atoms with Gasteiger partial charge in [-0.2, -0.15) is 0 Å². The molecule has 5 nitrogen and oxygen atoms in total. The summed E-state index contributed by atoms with van der Waals surface area (Å²) in [5, 5.41) is 2.98. The maximum atomic E-state index is 13.7. The van der Waals surface area contributed by atoms with E-state index in [4.69, 9.17) is 4.99 Å². The number of benzene rings is 3. The topological polar surface area (TPSA) is 63.5 Å². The Morgan fingerprint density at radius 1 is 0.972 bits per heavy atom. The molecule has 0 aliphatic carbocycles. The standard InChI is InChI=1S/C30H27N3O2S/c1-19(2)22-16-14-21(15-17-22)18-25-29(35)33-27(23-10-6-4-7-11-23)26(20(3)31-30(33)36-25)28(34)32-24-12-8-5-9-13-24/h4-19,27H,1-3H3,(H,32,34)/t27-/m0/s1. The van der Waals surface area contributed by atoms with Crippen LogP contribution in [0.25, 0.3) is 6.08 Å². The lowest BCUT2D eigenvalue weighted by Crippen LogP contribution is -2.40. The minimum Gasteiger partial charge on any atom is -0.322 e. The summed E-state index contributed by atoms with van der Waals surface area (Å²) in [6.45, 7) is 6.15. The van der Waals surface area contributed by atoms with Crippen molar-refractivity contribution < 1.29 is 4.79 Å². The summed E-state index contributed by atoms with van der Waals surface area (Å²) in [5.41, 5.74) is 4.67. The minimum absolute atomic E-state index is 0.155. The van der Waals surface area contributed by atoms with Crippen molar-refractivity contribution >= 4 is 29.0 Å². The Hall–Kier alpha value is -4.03. The average molecular weight is 494 g/mol. The quantitative estimate of drug-likeness (QED) is 0.425. The predicted octanol–water partition coefficient (Wildman–Crippen LogP) is 5.00. The van der Waals surface area contributed by atoms with Gasteiger partial charge in [-0.1, -0.05) is 98.0 Å². The van der Waals surface area contributed by atoms with Crippen LogP contribution in [0.1, 0.15) is 49.4 Å². The number of nitrogens with one attached hydrogen (secondary N) is 1. The van der Waals surface area contributed by atoms with E-state index in [1.54, 1.807) is 4.57 Å². The number of para-hydroxylation sites is 1. The van der Waals surface area contributed by atoms with Gasteiger partial charge < -0.3 is 5.32 Å². The molecule has 0 unspecified atom stereocenters. The van der Waals surface area contributed by atoms with Crippen molar-refractivity contribution in [2.45, 2.75) is 32.7 Å². The number of aromatic nitrogens is 1. The Balaban J connectivity index is 1.63. The summed E-state index contributed by atoms with van der Waals surface area (Å²) in [7, 11) is 0. The number of carbonyl (C=O) groups is 1. The largest absolute Gasteiger partial charge is 0.322 e. The van der Waals surface area contributed by atoms with Crippen molar-refractivity contribution in [2.75, 3.05) is 5.32 Å². The van der Waals surface area contributed by atoms with Crippen LogP contribution in [0, 0.1) is 0 Å². The Labute approximate surface area is 213 Å². The van der Waals surface area contributed by atoms with Crippen LogP contribution in [0.15, 0.2) is 106 Å². The number of thiazole rings is 1. The summed E-state index contributed by atoms with van der Waals surface area (Å²) in [5.74, 6) is 0.175. The molecule has 0 saturated carbocycles. The van der Waals surface area contributed by atoms with E-state index in [1.807, 2.05) is 85.8 Å². The Morgan fingerprint density at radius 3 is 2.25 bits per heavy atom. The molecule has 3 aromatic carbocycles. The molecule has 36 heavy (non-hydrogen) atoms. The fraction of sp³-hybridized carbons (Fsp3) is 0.167. The lowest BCUT2D eigenvalue weighted by atomic mass is 9.95. The van der Waals surface area contributed by atoms with Gasteiger partial charge in [0.25, 0.3) is 11.5 Å². The Morgan fingerprint density at radius 2 is 1.61 bits per heavy atom. The van der Waals surface area contributed by atoms with E-state index in [1.165, 1.54) is 16.9 Å². The van der Waals surface area contributed by atoms with E-state index < -0.39 is 6.04 Å². The van der Waals surface area contributed by atoms with E-state index in [0.29, 0.717) is 32.2 Å². The first-order valence-electron chi connectivity index (χ1n) is 12.0. The third-order valence-electron chi connectivity index (χ3n) is 6.31. The number of anilines is 1. The highest BCUT2D eigenvalue weighted by Gasteiger charge is 2.32. The lowest BCUT2D eigenvalue weighted by molar-refractivity contribution is -0.113. The van der Waals surface area contributed by atoms with Gasteiger partial charge in [-0.25, -0.2) is 4.99 Å². The number of fused-ring (bicyclic) bond motifs is 1. The molecule has 1 aliphatic rings. The van der Waals surface area contributed by atoms with Gasteiger partial charge in [0.15, 0.2) is 4.80 Å². The fourth-order valence-electron chi connectivity index (χ4n) is 4.41. The third-order valence-corrected chi connectivity index (χ3v) is 7.30. The number of amides is 1. The zero-order valence-corrected chi connectivity index (χ0v) is 21.3. The van der Waals surface area contributed by atoms with Crippen LogP contribution < -0.4 is 20.2 Å². The van der Waals surface area contributed by atoms with Crippen LogP contribution in [0.5, 0.6) is 0 Å². The van der Waals surface area contributed by atoms with Crippen LogP contribution in [-0.2, 0) is 4.79 Å². The van der Waals surface area contributed by atoms with E-state index in [0.717, 1.165) is 11.1 Å². The van der Waals surface area contributed by atoms with E-state index in [-0.39, 0.29) is 11.5 Å². The second-order valence-corrected chi connectivity index (χ2v) is 10.1. The number of nitrogens with zero attached hydrogens (tertiary/aromatic N) is 2. The van der Waals surface area contributed by atoms with Gasteiger partial charge in [-0.15, -0.1) is 0 Å². The molecule has 0 radical (unpaired) electrons. The van der Waals surface area contributed by atoms with Gasteiger partial charge >= 0.3 is 0 Å². The van der Waals surface area contributed by atoms with Crippen LogP contribution in [0.3, 0.4) is 0 Å². The van der Waals surface area contributed by atoms with Crippen LogP contribution in [0.4, 0.5) is 5.69 Å². The maximum Gasteiger partial charge on any atom is 0.271 e. The predicted molar refractivity (Wildman–Crippen MR) is 146 cm³/mol. The van der Waals surface area contributed by atoms with Crippen molar-refractivity contribution in [3.05, 3.63) is 133 Å². The smallest absolute Gasteiger partial charge is 0.271 e. The first-order chi connectivity index (χ1) is 17.4. The normalized spacial score (nSPS) is 15.6. The molecule has 4 aromatic rings. The van der Waals surface area contributed by atoms with Gasteiger partial charge in [-0.3, -0.25) is 14.2 Å². The first-order valence-corrected chi connectivity index (χ1v) is 12.8. The first kappa shape index (κ1) is 23.7. The van der Waals surface area contributed by atoms with Crippen LogP contribution in [-0.4, -0.2) is 10.5 Å². The Kier molecular flexibility index (Phi) is 6.53. The van der Waals surface area contributed by atoms with Gasteiger partial charge in [0.2, 0.25) is 0 Å². The molecule has 1 aromatic heterocycles. The zero-order chi connectivity index (χ0) is 25.2. The molecule has 1 atom stereocenters. The summed E-state index contributed by atoms with van der Waals surface area (Å²) >= 11 is 1.35. The molecule has 2 heterocycles. The van der Waals surface area contributed by atoms with E-state index >= 15 is 0 Å². The lowest BCUT2D eigenvalue weighted by Gasteiger charge is -2.25. The van der Waals surface area contributed by atoms with E-state index in [2.05, 4.69) is 31.3 Å². The molecule has 0 fully saturated rings. The molecular weight excluding hydrogens is 466 g/mol. The SMILES string of the molecule is CC1=C(C(=O)Nc2ccccc2)[C@H](c2ccccc2)n2c(sc(=Cc3ccc(C(C)C)cc3)c2=O)=N1. The average Bonchev–Trinajstić information content (AvgIpc) is 3.18. The van der Waals surface area contributed by atoms with Crippen molar-refractivity contribution in [3.8, 4) is 0 Å². The molecule has 1 N–H and O–H groups in total. The zero-order valence-electron chi connectivity index (χ0n) is 20.4. The van der Waals surface area contributed by atoms with Gasteiger partial charge in [0.05, 0.1) is 21.8 Å². The highest BCUT2D eigenvalue weighted by atomic mass is 32.1. The van der Waals surface area contributed by atoms with Crippen LogP contribution >= 0.6 is 11.3 Å². The molecule has 0 spiro atoms. The number of allylic oxidation sites excluding steroid dienone is 1.